The first-order valence-corrected chi connectivity index (χ1v) is 9.90. The number of rotatable bonds is 8. The molecule has 0 N–H and O–H groups in total. The first-order valence-electron chi connectivity index (χ1n) is 9.90. The Morgan fingerprint density at radius 3 is 2.37 bits per heavy atom. The van der Waals surface area contributed by atoms with Crippen molar-refractivity contribution in [3.8, 4) is 5.75 Å². The van der Waals surface area contributed by atoms with Crippen LogP contribution in [-0.2, 0) is 6.42 Å². The van der Waals surface area contributed by atoms with E-state index in [1.54, 1.807) is 7.11 Å². The average Bonchev–Trinajstić information content (AvgIpc) is 3.43. The Bertz CT molecular complexity index is 785. The van der Waals surface area contributed by atoms with Crippen LogP contribution >= 0.6 is 0 Å². The van der Waals surface area contributed by atoms with Crippen LogP contribution < -0.4 is 4.74 Å². The van der Waals surface area contributed by atoms with E-state index in [4.69, 9.17) is 4.74 Å². The normalized spacial score (nSPS) is 17.3. The Kier molecular flexibility index (Phi) is 6.39. The van der Waals surface area contributed by atoms with E-state index in [0.29, 0.717) is 12.1 Å². The van der Waals surface area contributed by atoms with Crippen molar-refractivity contribution >= 4 is 0 Å². The third-order valence-electron chi connectivity index (χ3n) is 5.36. The molecule has 27 heavy (non-hydrogen) atoms. The lowest BCUT2D eigenvalue weighted by atomic mass is 10.1. The highest BCUT2D eigenvalue weighted by Crippen LogP contribution is 2.45. The second-order valence-electron chi connectivity index (χ2n) is 7.49. The van der Waals surface area contributed by atoms with Gasteiger partial charge in [-0.15, -0.1) is 0 Å². The van der Waals surface area contributed by atoms with Gasteiger partial charge in [0, 0.05) is 5.70 Å². The van der Waals surface area contributed by atoms with Gasteiger partial charge in [0.15, 0.2) is 0 Å². The molecular formula is C25H31NO. The second-order valence-corrected chi connectivity index (χ2v) is 7.49. The maximum absolute atomic E-state index is 5.21. The van der Waals surface area contributed by atoms with Crippen LogP contribution in [-0.4, -0.2) is 18.1 Å². The van der Waals surface area contributed by atoms with Gasteiger partial charge in [0.25, 0.3) is 0 Å². The summed E-state index contributed by atoms with van der Waals surface area (Å²) in [7, 11) is 1.71. The van der Waals surface area contributed by atoms with Gasteiger partial charge in [-0.05, 0) is 63.3 Å². The Hall–Kier alpha value is -2.48. The maximum atomic E-state index is 5.21. The Labute approximate surface area is 164 Å². The van der Waals surface area contributed by atoms with E-state index < -0.39 is 0 Å². The summed E-state index contributed by atoms with van der Waals surface area (Å²) in [6.07, 6.45) is 7.94. The molecular weight excluding hydrogens is 330 g/mol. The fraction of sp³-hybridized carbons (Fsp3) is 0.360. The fourth-order valence-corrected chi connectivity index (χ4v) is 3.83. The van der Waals surface area contributed by atoms with Crippen molar-refractivity contribution in [2.45, 2.75) is 52.1 Å². The molecule has 0 spiro atoms. The van der Waals surface area contributed by atoms with Crippen LogP contribution in [0.1, 0.15) is 50.8 Å². The van der Waals surface area contributed by atoms with Crippen LogP contribution in [0.3, 0.4) is 0 Å². The molecule has 0 bridgehead atoms. The summed E-state index contributed by atoms with van der Waals surface area (Å²) in [6, 6.07) is 20.2. The summed E-state index contributed by atoms with van der Waals surface area (Å²) in [5.74, 6) is 0.921. The minimum Gasteiger partial charge on any atom is -0.497 e. The SMILES string of the molecule is COc1ccc(CC/C=C/C[C@@H]2C(=C(C)C)N2[C@@H](C)c2ccccc2)cc1. The highest BCUT2D eigenvalue weighted by atomic mass is 16.5. The van der Waals surface area contributed by atoms with Crippen LogP contribution in [0.15, 0.2) is 78.0 Å². The summed E-state index contributed by atoms with van der Waals surface area (Å²) in [6.45, 7) is 6.77. The van der Waals surface area contributed by atoms with Gasteiger partial charge in [0.05, 0.1) is 19.2 Å². The Morgan fingerprint density at radius 2 is 1.74 bits per heavy atom. The molecule has 2 aromatic carbocycles. The molecule has 0 saturated carbocycles. The molecule has 1 aliphatic heterocycles. The zero-order chi connectivity index (χ0) is 19.2. The standard InChI is InChI=1S/C25H31NO/c1-19(2)25-24(26(25)20(3)22-12-8-6-9-13-22)14-10-5-7-11-21-15-17-23(27-4)18-16-21/h5-6,8-10,12-13,15-18,20,24H,7,11,14H2,1-4H3/b10-5+/t20-,24+,26?/m0/s1. The first-order chi connectivity index (χ1) is 13.1. The molecule has 2 aromatic rings. The predicted molar refractivity (Wildman–Crippen MR) is 114 cm³/mol. The number of hydrogen-bond acceptors (Lipinski definition) is 2. The minimum absolute atomic E-state index is 0.439. The van der Waals surface area contributed by atoms with Gasteiger partial charge in [0.2, 0.25) is 0 Å². The van der Waals surface area contributed by atoms with E-state index in [-0.39, 0.29) is 0 Å². The minimum atomic E-state index is 0.439. The van der Waals surface area contributed by atoms with Crippen LogP contribution in [0.5, 0.6) is 5.75 Å². The monoisotopic (exact) mass is 361 g/mol. The third kappa shape index (κ3) is 4.82. The number of benzene rings is 2. The summed E-state index contributed by atoms with van der Waals surface area (Å²) in [5, 5.41) is 0. The van der Waals surface area contributed by atoms with Gasteiger partial charge < -0.3 is 9.64 Å². The highest BCUT2D eigenvalue weighted by Gasteiger charge is 2.43. The molecule has 2 atom stereocenters. The summed E-state index contributed by atoms with van der Waals surface area (Å²) in [5.41, 5.74) is 5.71. The molecule has 3 rings (SSSR count). The number of nitrogens with zero attached hydrogens (tertiary/aromatic N) is 1. The zero-order valence-corrected chi connectivity index (χ0v) is 17.0. The highest BCUT2D eigenvalue weighted by molar-refractivity contribution is 5.36. The lowest BCUT2D eigenvalue weighted by Crippen LogP contribution is -2.08. The van der Waals surface area contributed by atoms with Crippen molar-refractivity contribution in [1.82, 2.24) is 4.90 Å². The molecule has 0 aliphatic carbocycles. The number of ether oxygens (including phenoxy) is 1. The number of aryl methyl sites for hydroxylation is 1. The summed E-state index contributed by atoms with van der Waals surface area (Å²) in [4.78, 5) is 2.57. The van der Waals surface area contributed by atoms with Crippen molar-refractivity contribution in [3.63, 3.8) is 0 Å². The van der Waals surface area contributed by atoms with Gasteiger partial charge in [-0.3, -0.25) is 0 Å². The van der Waals surface area contributed by atoms with Crippen molar-refractivity contribution in [2.24, 2.45) is 0 Å². The van der Waals surface area contributed by atoms with E-state index in [9.17, 15) is 0 Å². The van der Waals surface area contributed by atoms with E-state index in [2.05, 4.69) is 80.3 Å². The van der Waals surface area contributed by atoms with E-state index >= 15 is 0 Å². The maximum Gasteiger partial charge on any atom is 0.118 e. The Morgan fingerprint density at radius 1 is 1.04 bits per heavy atom. The smallest absolute Gasteiger partial charge is 0.118 e. The first kappa shape index (κ1) is 19.3. The number of allylic oxidation sites excluding steroid dienone is 2. The molecule has 1 fully saturated rings. The Balaban J connectivity index is 1.52. The molecule has 2 nitrogen and oxygen atoms in total. The van der Waals surface area contributed by atoms with E-state index in [0.717, 1.165) is 25.0 Å². The topological polar surface area (TPSA) is 12.2 Å². The van der Waals surface area contributed by atoms with Gasteiger partial charge in [-0.1, -0.05) is 60.2 Å². The quantitative estimate of drug-likeness (QED) is 0.403. The van der Waals surface area contributed by atoms with Crippen LogP contribution in [0, 0.1) is 0 Å². The lowest BCUT2D eigenvalue weighted by Gasteiger charge is -2.15. The molecule has 2 heteroatoms. The number of methoxy groups -OCH3 is 1. The van der Waals surface area contributed by atoms with Gasteiger partial charge in [0.1, 0.15) is 5.75 Å². The molecule has 0 amide bonds. The fourth-order valence-electron chi connectivity index (χ4n) is 3.83. The third-order valence-corrected chi connectivity index (χ3v) is 5.36. The van der Waals surface area contributed by atoms with Crippen LogP contribution in [0.25, 0.3) is 0 Å². The molecule has 1 aliphatic rings. The van der Waals surface area contributed by atoms with E-state index in [1.807, 2.05) is 12.1 Å². The van der Waals surface area contributed by atoms with Crippen molar-refractivity contribution in [3.05, 3.63) is 89.1 Å². The molecule has 0 aromatic heterocycles. The predicted octanol–water partition coefficient (Wildman–Crippen LogP) is 6.31. The van der Waals surface area contributed by atoms with Gasteiger partial charge in [-0.2, -0.15) is 0 Å². The molecule has 0 unspecified atom stereocenters. The molecule has 1 heterocycles. The van der Waals surface area contributed by atoms with Gasteiger partial charge >= 0.3 is 0 Å². The second kappa shape index (κ2) is 8.94. The number of hydrogen-bond donors (Lipinski definition) is 0. The average molecular weight is 362 g/mol. The molecule has 0 radical (unpaired) electrons. The molecule has 1 saturated heterocycles. The van der Waals surface area contributed by atoms with Crippen LogP contribution in [0.4, 0.5) is 0 Å². The zero-order valence-electron chi connectivity index (χ0n) is 17.0. The lowest BCUT2D eigenvalue weighted by molar-refractivity contribution is 0.414. The largest absolute Gasteiger partial charge is 0.497 e. The van der Waals surface area contributed by atoms with Gasteiger partial charge in [-0.25, -0.2) is 0 Å². The van der Waals surface area contributed by atoms with E-state index in [1.165, 1.54) is 22.4 Å². The summed E-state index contributed by atoms with van der Waals surface area (Å²) >= 11 is 0. The van der Waals surface area contributed by atoms with Crippen molar-refractivity contribution in [2.75, 3.05) is 7.11 Å². The van der Waals surface area contributed by atoms with Crippen molar-refractivity contribution < 1.29 is 4.74 Å². The molecule has 142 valence electrons. The van der Waals surface area contributed by atoms with Crippen molar-refractivity contribution in [1.29, 1.82) is 0 Å². The van der Waals surface area contributed by atoms with Crippen LogP contribution in [0.2, 0.25) is 0 Å². The summed E-state index contributed by atoms with van der Waals surface area (Å²) < 4.78 is 5.21.